The number of carbonyl (C=O) groups is 3. The van der Waals surface area contributed by atoms with Crippen molar-refractivity contribution >= 4 is 29.2 Å². The van der Waals surface area contributed by atoms with Gasteiger partial charge in [0.1, 0.15) is 17.6 Å². The maximum Gasteiger partial charge on any atom is 0.433 e. The van der Waals surface area contributed by atoms with Gasteiger partial charge in [-0.15, -0.1) is 0 Å². The maximum absolute atomic E-state index is 13.0. The molecule has 1 atom stereocenters. The number of hydrogen-bond donors (Lipinski definition) is 2. The van der Waals surface area contributed by atoms with Gasteiger partial charge in [-0.1, -0.05) is 55.1 Å². The van der Waals surface area contributed by atoms with Crippen molar-refractivity contribution in [2.75, 3.05) is 40.4 Å². The van der Waals surface area contributed by atoms with Gasteiger partial charge in [0.25, 0.3) is 17.7 Å². The number of rotatable bonds is 10. The van der Waals surface area contributed by atoms with Crippen molar-refractivity contribution in [3.8, 4) is 0 Å². The fourth-order valence-electron chi connectivity index (χ4n) is 5.21. The van der Waals surface area contributed by atoms with Crippen molar-refractivity contribution in [2.24, 2.45) is 10.7 Å². The number of aromatic nitrogens is 2. The number of likely N-dealkylation sites (N-methyl/N-ethyl adjacent to an activating group) is 3. The number of amides is 3. The summed E-state index contributed by atoms with van der Waals surface area (Å²) in [6.07, 6.45) is -2.59. The van der Waals surface area contributed by atoms with Crippen LogP contribution >= 0.6 is 0 Å². The minimum Gasteiger partial charge on any atom is -0.404 e. The predicted octanol–water partition coefficient (Wildman–Crippen LogP) is 3.95. The Hall–Kier alpha value is -5.41. The zero-order chi connectivity index (χ0) is 37.1. The van der Waals surface area contributed by atoms with Gasteiger partial charge in [0, 0.05) is 56.6 Å². The summed E-state index contributed by atoms with van der Waals surface area (Å²) in [5.41, 5.74) is 7.35. The van der Waals surface area contributed by atoms with Gasteiger partial charge in [-0.05, 0) is 37.7 Å². The summed E-state index contributed by atoms with van der Waals surface area (Å²) in [7, 11) is 3.82. The molecule has 3 aromatic rings. The van der Waals surface area contributed by atoms with Crippen molar-refractivity contribution in [2.45, 2.75) is 38.1 Å². The summed E-state index contributed by atoms with van der Waals surface area (Å²) < 4.78 is 43.7. The molecule has 5 rings (SSSR count). The van der Waals surface area contributed by atoms with Crippen molar-refractivity contribution in [3.63, 3.8) is 0 Å². The van der Waals surface area contributed by atoms with Crippen molar-refractivity contribution in [3.05, 3.63) is 114 Å². The Morgan fingerprint density at radius 3 is 2.31 bits per heavy atom. The number of aliphatic imine (C=N–C) groups is 1. The Morgan fingerprint density at radius 2 is 1.75 bits per heavy atom. The first-order valence-electron chi connectivity index (χ1n) is 16.1. The number of amidine groups is 1. The molecule has 2 aliphatic rings. The van der Waals surface area contributed by atoms with Crippen LogP contribution < -0.4 is 11.1 Å². The second-order valence-electron chi connectivity index (χ2n) is 11.9. The summed E-state index contributed by atoms with van der Waals surface area (Å²) in [6.45, 7) is 8.59. The van der Waals surface area contributed by atoms with Gasteiger partial charge in [-0.3, -0.25) is 24.2 Å². The van der Waals surface area contributed by atoms with E-state index in [1.165, 1.54) is 11.1 Å². The summed E-state index contributed by atoms with van der Waals surface area (Å²) in [6, 6.07) is 18.9. The molecule has 2 fully saturated rings. The largest absolute Gasteiger partial charge is 0.433 e. The summed E-state index contributed by atoms with van der Waals surface area (Å²) in [5, 5.41) is 2.40. The molecule has 51 heavy (non-hydrogen) atoms. The number of nitrogens with two attached hydrogens (primary N) is 1. The average Bonchev–Trinajstić information content (AvgIpc) is 3.09. The predicted molar refractivity (Wildman–Crippen MR) is 185 cm³/mol. The lowest BCUT2D eigenvalue weighted by molar-refractivity contribution is -0.141. The highest BCUT2D eigenvalue weighted by Gasteiger charge is 2.38. The molecule has 1 unspecified atom stereocenters. The fourth-order valence-corrected chi connectivity index (χ4v) is 5.21. The Balaban J connectivity index is 0.000000251. The second kappa shape index (κ2) is 17.5. The van der Waals surface area contributed by atoms with E-state index >= 15 is 0 Å². The monoisotopic (exact) mass is 706 g/mol. The molecule has 0 aliphatic carbocycles. The number of likely N-dealkylation sites (tertiary alicyclic amines) is 1. The average molecular weight is 707 g/mol. The zero-order valence-electron chi connectivity index (χ0n) is 28.6. The van der Waals surface area contributed by atoms with Crippen molar-refractivity contribution < 1.29 is 32.3 Å². The number of nitrogens with zero attached hydrogens (tertiary/aromatic N) is 6. The smallest absolute Gasteiger partial charge is 0.404 e. The van der Waals surface area contributed by atoms with Gasteiger partial charge in [-0.25, -0.2) is 15.0 Å². The second-order valence-corrected chi connectivity index (χ2v) is 11.9. The molecule has 3 heterocycles. The van der Waals surface area contributed by atoms with Crippen molar-refractivity contribution in [1.29, 1.82) is 0 Å². The van der Waals surface area contributed by atoms with E-state index in [0.29, 0.717) is 47.9 Å². The van der Waals surface area contributed by atoms with Gasteiger partial charge in [0.2, 0.25) is 5.82 Å². The zero-order valence-corrected chi connectivity index (χ0v) is 28.6. The lowest BCUT2D eigenvalue weighted by atomic mass is 9.98. The summed E-state index contributed by atoms with van der Waals surface area (Å²) >= 11 is 0. The molecule has 3 amide bonds. The Labute approximate surface area is 294 Å². The molecule has 1 aromatic heterocycles. The number of nitrogens with one attached hydrogen (secondary N) is 1. The number of ether oxygens (including phenoxy) is 1. The first-order chi connectivity index (χ1) is 24.3. The third kappa shape index (κ3) is 10.3. The third-order valence-electron chi connectivity index (χ3n) is 8.09. The van der Waals surface area contributed by atoms with Crippen LogP contribution in [0.1, 0.15) is 35.2 Å². The standard InChI is InChI=1S/C20H19F3N6O2.C16H22N2O2/c1-2-29-17(26-13-6-4-3-5-7-13)12(11-24)10-14(19(29)31)27-18(30)16-25-9-8-15(28-16)20(21,22)23;1-13(9-17(2)15-11-20-12-15)16(19)18(3)10-14-7-5-4-6-8-14/h3-9,11,14H,2,10,24H2,1H3,(H,27,30);4-8,15H,1,9-12H2,2-3H3/b12-11-,26-17?;. The minimum atomic E-state index is -4.73. The van der Waals surface area contributed by atoms with Crippen LogP contribution in [0.25, 0.3) is 0 Å². The number of piperidine rings is 1. The minimum absolute atomic E-state index is 0.000875. The first kappa shape index (κ1) is 38.4. The SMILES string of the molecule is C=C(CN(C)C1COC1)C(=O)N(C)Cc1ccccc1.CCN1C(=O)C(NC(=O)c2nccc(C(F)(F)F)n2)C/C(=C/N)C1=Nc1ccccc1. The van der Waals surface area contributed by atoms with E-state index in [4.69, 9.17) is 10.5 Å². The number of halogens is 3. The Bertz CT molecular complexity index is 1750. The van der Waals surface area contributed by atoms with E-state index in [9.17, 15) is 27.6 Å². The highest BCUT2D eigenvalue weighted by molar-refractivity contribution is 6.13. The quantitative estimate of drug-likeness (QED) is 0.302. The molecule has 0 radical (unpaired) electrons. The molecular weight excluding hydrogens is 665 g/mol. The molecule has 3 N–H and O–H groups in total. The topological polar surface area (TPSA) is 146 Å². The number of para-hydroxylation sites is 1. The van der Waals surface area contributed by atoms with E-state index < -0.39 is 35.6 Å². The van der Waals surface area contributed by atoms with Crippen LogP contribution in [0.3, 0.4) is 0 Å². The van der Waals surface area contributed by atoms with Gasteiger partial charge in [0.05, 0.1) is 24.9 Å². The molecule has 2 saturated heterocycles. The van der Waals surface area contributed by atoms with Gasteiger partial charge in [-0.2, -0.15) is 13.2 Å². The molecule has 270 valence electrons. The van der Waals surface area contributed by atoms with Crippen LogP contribution in [0, 0.1) is 0 Å². The van der Waals surface area contributed by atoms with Gasteiger partial charge < -0.3 is 20.7 Å². The third-order valence-corrected chi connectivity index (χ3v) is 8.09. The van der Waals surface area contributed by atoms with Crippen LogP contribution in [0.15, 0.2) is 102 Å². The van der Waals surface area contributed by atoms with Crippen LogP contribution in [0.2, 0.25) is 0 Å². The van der Waals surface area contributed by atoms with Crippen LogP contribution in [0.4, 0.5) is 18.9 Å². The molecule has 0 bridgehead atoms. The van der Waals surface area contributed by atoms with Crippen LogP contribution in [-0.4, -0.2) is 101 Å². The van der Waals surface area contributed by atoms with Gasteiger partial charge in [0.15, 0.2) is 0 Å². The Kier molecular flexibility index (Phi) is 13.2. The maximum atomic E-state index is 13.0. The highest BCUT2D eigenvalue weighted by atomic mass is 19.4. The number of carbonyl (C=O) groups excluding carboxylic acids is 3. The molecule has 0 spiro atoms. The number of benzene rings is 2. The summed E-state index contributed by atoms with van der Waals surface area (Å²) in [5.74, 6) is -1.81. The van der Waals surface area contributed by atoms with E-state index in [2.05, 4.69) is 31.8 Å². The molecule has 0 saturated carbocycles. The van der Waals surface area contributed by atoms with Crippen LogP contribution in [-0.2, 0) is 27.0 Å². The fraction of sp³-hybridized carbons (Fsp3) is 0.333. The molecule has 15 heteroatoms. The van der Waals surface area contributed by atoms with Gasteiger partial charge >= 0.3 is 6.18 Å². The normalized spacial score (nSPS) is 17.8. The molecular formula is C36H41F3N8O4. The number of hydrogen-bond acceptors (Lipinski definition) is 9. The summed E-state index contributed by atoms with van der Waals surface area (Å²) in [4.78, 5) is 54.2. The highest BCUT2D eigenvalue weighted by Crippen LogP contribution is 2.27. The van der Waals surface area contributed by atoms with Crippen molar-refractivity contribution in [1.82, 2.24) is 30.0 Å². The molecule has 2 aromatic carbocycles. The van der Waals surface area contributed by atoms with E-state index in [-0.39, 0.29) is 18.9 Å². The van der Waals surface area contributed by atoms with E-state index in [1.54, 1.807) is 36.1 Å². The first-order valence-corrected chi connectivity index (χ1v) is 16.1. The Morgan fingerprint density at radius 1 is 1.10 bits per heavy atom. The molecule has 12 nitrogen and oxygen atoms in total. The molecule has 2 aliphatic heterocycles. The number of alkyl halides is 3. The van der Waals surface area contributed by atoms with E-state index in [1.807, 2.05) is 50.5 Å². The lowest BCUT2D eigenvalue weighted by Crippen LogP contribution is -2.55. The van der Waals surface area contributed by atoms with Crippen LogP contribution in [0.5, 0.6) is 0 Å². The lowest BCUT2D eigenvalue weighted by Gasteiger charge is -2.35. The van der Waals surface area contributed by atoms with E-state index in [0.717, 1.165) is 25.0 Å².